The number of rotatable bonds is 5. The van der Waals surface area contributed by atoms with Crippen LogP contribution in [0.5, 0.6) is 0 Å². The first-order valence-corrected chi connectivity index (χ1v) is 7.91. The number of hydrogen-bond acceptors (Lipinski definition) is 3. The highest BCUT2D eigenvalue weighted by Crippen LogP contribution is 2.22. The van der Waals surface area contributed by atoms with Crippen molar-refractivity contribution in [1.82, 2.24) is 5.32 Å². The summed E-state index contributed by atoms with van der Waals surface area (Å²) in [5.74, 6) is 0. The van der Waals surface area contributed by atoms with Crippen molar-refractivity contribution in [2.45, 2.75) is 19.1 Å². The maximum atomic E-state index is 6.19. The largest absolute Gasteiger partial charge is 0.390 e. The van der Waals surface area contributed by atoms with E-state index in [-0.39, 0.29) is 6.10 Å². The molecule has 2 aromatic rings. The molecule has 3 nitrogen and oxygen atoms in total. The van der Waals surface area contributed by atoms with Crippen molar-refractivity contribution in [2.24, 2.45) is 5.16 Å². The Morgan fingerprint density at radius 1 is 1.14 bits per heavy atom. The first-order chi connectivity index (χ1) is 10.7. The normalized spacial score (nSPS) is 17.2. The van der Waals surface area contributed by atoms with Crippen LogP contribution >= 0.6 is 23.2 Å². The van der Waals surface area contributed by atoms with E-state index in [9.17, 15) is 0 Å². The lowest BCUT2D eigenvalue weighted by atomic mass is 10.0. The first-order valence-electron chi connectivity index (χ1n) is 7.15. The van der Waals surface area contributed by atoms with E-state index in [1.165, 1.54) is 0 Å². The van der Waals surface area contributed by atoms with E-state index in [1.807, 2.05) is 48.5 Å². The second-order valence-electron chi connectivity index (χ2n) is 5.21. The molecule has 0 aliphatic carbocycles. The van der Waals surface area contributed by atoms with Crippen molar-refractivity contribution < 1.29 is 4.84 Å². The molecule has 22 heavy (non-hydrogen) atoms. The zero-order chi connectivity index (χ0) is 15.4. The molecular weight excluding hydrogens is 319 g/mol. The zero-order valence-corrected chi connectivity index (χ0v) is 13.4. The summed E-state index contributed by atoms with van der Waals surface area (Å²) in [4.78, 5) is 5.48. The lowest BCUT2D eigenvalue weighted by molar-refractivity contribution is 0.0848. The molecule has 0 saturated heterocycles. The van der Waals surface area contributed by atoms with E-state index in [0.717, 1.165) is 41.4 Å². The fourth-order valence-electron chi connectivity index (χ4n) is 2.42. The van der Waals surface area contributed by atoms with E-state index in [1.54, 1.807) is 0 Å². The summed E-state index contributed by atoms with van der Waals surface area (Å²) in [6, 6.07) is 15.5. The third kappa shape index (κ3) is 3.80. The highest BCUT2D eigenvalue weighted by molar-refractivity contribution is 6.34. The molecule has 0 fully saturated rings. The van der Waals surface area contributed by atoms with Crippen LogP contribution in [0.25, 0.3) is 0 Å². The summed E-state index contributed by atoms with van der Waals surface area (Å²) in [6.45, 7) is 1.48. The van der Waals surface area contributed by atoms with Gasteiger partial charge in [-0.05, 0) is 23.8 Å². The van der Waals surface area contributed by atoms with Gasteiger partial charge in [-0.25, -0.2) is 0 Å². The molecule has 1 atom stereocenters. The molecule has 0 saturated carbocycles. The SMILES string of the molecule is Clc1cccc(CNCC2CC(c3ccccc3Cl)=NO2)c1. The summed E-state index contributed by atoms with van der Waals surface area (Å²) in [5, 5.41) is 8.98. The number of benzene rings is 2. The highest BCUT2D eigenvalue weighted by Gasteiger charge is 2.22. The zero-order valence-electron chi connectivity index (χ0n) is 11.9. The summed E-state index contributed by atoms with van der Waals surface area (Å²) in [7, 11) is 0. The van der Waals surface area contributed by atoms with Crippen molar-refractivity contribution in [3.63, 3.8) is 0 Å². The lowest BCUT2D eigenvalue weighted by Crippen LogP contribution is -2.26. The average molecular weight is 335 g/mol. The summed E-state index contributed by atoms with van der Waals surface area (Å²) in [6.07, 6.45) is 0.789. The molecule has 0 aromatic heterocycles. The Labute approximate surface area is 139 Å². The Kier molecular flexibility index (Phi) is 4.98. The monoisotopic (exact) mass is 334 g/mol. The van der Waals surface area contributed by atoms with E-state index >= 15 is 0 Å². The van der Waals surface area contributed by atoms with Gasteiger partial charge in [0.2, 0.25) is 0 Å². The third-order valence-corrected chi connectivity index (χ3v) is 4.07. The van der Waals surface area contributed by atoms with Gasteiger partial charge in [-0.3, -0.25) is 0 Å². The van der Waals surface area contributed by atoms with E-state index in [4.69, 9.17) is 28.0 Å². The van der Waals surface area contributed by atoms with Gasteiger partial charge in [0.05, 0.1) is 5.71 Å². The Morgan fingerprint density at radius 3 is 2.82 bits per heavy atom. The van der Waals surface area contributed by atoms with Gasteiger partial charge >= 0.3 is 0 Å². The maximum absolute atomic E-state index is 6.19. The minimum Gasteiger partial charge on any atom is -0.390 e. The third-order valence-electron chi connectivity index (χ3n) is 3.51. The molecule has 0 bridgehead atoms. The van der Waals surface area contributed by atoms with Crippen LogP contribution in [0.4, 0.5) is 0 Å². The topological polar surface area (TPSA) is 33.6 Å². The lowest BCUT2D eigenvalue weighted by Gasteiger charge is -2.10. The predicted molar refractivity (Wildman–Crippen MR) is 90.6 cm³/mol. The van der Waals surface area contributed by atoms with Gasteiger partial charge in [0.25, 0.3) is 0 Å². The number of oxime groups is 1. The number of halogens is 2. The van der Waals surface area contributed by atoms with Crippen LogP contribution in [0, 0.1) is 0 Å². The van der Waals surface area contributed by atoms with E-state index < -0.39 is 0 Å². The summed E-state index contributed by atoms with van der Waals surface area (Å²) < 4.78 is 0. The smallest absolute Gasteiger partial charge is 0.145 e. The van der Waals surface area contributed by atoms with Crippen LogP contribution in [0.1, 0.15) is 17.5 Å². The molecular formula is C17H16Cl2N2O. The standard InChI is InChI=1S/C17H16Cl2N2O/c18-13-5-3-4-12(8-13)10-20-11-14-9-17(21-22-14)15-6-1-2-7-16(15)19/h1-8,14,20H,9-11H2. The number of nitrogens with zero attached hydrogens (tertiary/aromatic N) is 1. The molecule has 0 radical (unpaired) electrons. The van der Waals surface area contributed by atoms with Crippen LogP contribution in [-0.4, -0.2) is 18.4 Å². The van der Waals surface area contributed by atoms with Gasteiger partial charge in [-0.15, -0.1) is 0 Å². The molecule has 0 spiro atoms. The molecule has 1 heterocycles. The van der Waals surface area contributed by atoms with Gasteiger partial charge in [0.1, 0.15) is 6.10 Å². The highest BCUT2D eigenvalue weighted by atomic mass is 35.5. The average Bonchev–Trinajstić information content (AvgIpc) is 2.96. The van der Waals surface area contributed by atoms with Crippen LogP contribution in [0.15, 0.2) is 53.7 Å². The fourth-order valence-corrected chi connectivity index (χ4v) is 2.87. The van der Waals surface area contributed by atoms with Gasteiger partial charge < -0.3 is 10.2 Å². The van der Waals surface area contributed by atoms with E-state index in [2.05, 4.69) is 10.5 Å². The minimum absolute atomic E-state index is 0.0328. The number of nitrogens with one attached hydrogen (secondary N) is 1. The molecule has 2 aromatic carbocycles. The quantitative estimate of drug-likeness (QED) is 0.885. The van der Waals surface area contributed by atoms with E-state index in [0.29, 0.717) is 5.02 Å². The second kappa shape index (κ2) is 7.14. The van der Waals surface area contributed by atoms with Gasteiger partial charge in [0, 0.05) is 35.1 Å². The predicted octanol–water partition coefficient (Wildman–Crippen LogP) is 4.28. The van der Waals surface area contributed by atoms with Crippen molar-refractivity contribution in [2.75, 3.05) is 6.54 Å². The Bertz CT molecular complexity index is 688. The second-order valence-corrected chi connectivity index (χ2v) is 6.05. The Balaban J connectivity index is 1.50. The van der Waals surface area contributed by atoms with Crippen LogP contribution in [0.2, 0.25) is 10.0 Å². The van der Waals surface area contributed by atoms with Crippen molar-refractivity contribution in [3.05, 3.63) is 69.7 Å². The molecule has 0 amide bonds. The first kappa shape index (κ1) is 15.3. The molecule has 5 heteroatoms. The molecule has 3 rings (SSSR count). The molecule has 1 unspecified atom stereocenters. The van der Waals surface area contributed by atoms with Gasteiger partial charge in [-0.2, -0.15) is 0 Å². The van der Waals surface area contributed by atoms with Crippen molar-refractivity contribution in [3.8, 4) is 0 Å². The van der Waals surface area contributed by atoms with Gasteiger partial charge in [-0.1, -0.05) is 58.7 Å². The Morgan fingerprint density at radius 2 is 2.00 bits per heavy atom. The van der Waals surface area contributed by atoms with Gasteiger partial charge in [0.15, 0.2) is 0 Å². The van der Waals surface area contributed by atoms with Crippen molar-refractivity contribution in [1.29, 1.82) is 0 Å². The van der Waals surface area contributed by atoms with Crippen LogP contribution in [0.3, 0.4) is 0 Å². The van der Waals surface area contributed by atoms with Crippen molar-refractivity contribution >= 4 is 28.9 Å². The minimum atomic E-state index is 0.0328. The molecule has 1 aliphatic heterocycles. The molecule has 114 valence electrons. The Hall–Kier alpha value is -1.55. The molecule has 1 N–H and O–H groups in total. The fraction of sp³-hybridized carbons (Fsp3) is 0.235. The summed E-state index contributed by atoms with van der Waals surface area (Å²) in [5.41, 5.74) is 3.00. The summed E-state index contributed by atoms with van der Waals surface area (Å²) >= 11 is 12.2. The maximum Gasteiger partial charge on any atom is 0.145 e. The molecule has 1 aliphatic rings. The number of hydrogen-bond donors (Lipinski definition) is 1. The van der Waals surface area contributed by atoms with Crippen LogP contribution < -0.4 is 5.32 Å². The van der Waals surface area contributed by atoms with Crippen LogP contribution in [-0.2, 0) is 11.4 Å².